The second-order valence-corrected chi connectivity index (χ2v) is 7.14. The van der Waals surface area contributed by atoms with Crippen LogP contribution in [0.15, 0.2) is 49.1 Å². The Bertz CT molecular complexity index is 974. The number of nitrogens with zero attached hydrogens (tertiary/aromatic N) is 5. The third-order valence-corrected chi connectivity index (χ3v) is 5.02. The summed E-state index contributed by atoms with van der Waals surface area (Å²) in [4.78, 5) is 31.4. The third-order valence-electron chi connectivity index (χ3n) is 5.02. The van der Waals surface area contributed by atoms with Gasteiger partial charge in [-0.2, -0.15) is 0 Å². The first-order valence-corrected chi connectivity index (χ1v) is 9.93. The van der Waals surface area contributed by atoms with Crippen LogP contribution in [0.1, 0.15) is 25.0 Å². The Hall–Kier alpha value is -3.35. The lowest BCUT2D eigenvalue weighted by Crippen LogP contribution is -2.27. The highest BCUT2D eigenvalue weighted by molar-refractivity contribution is 5.80. The number of likely N-dealkylation sites (tertiary alicyclic amines) is 1. The summed E-state index contributed by atoms with van der Waals surface area (Å²) in [6.45, 7) is 4.33. The second-order valence-electron chi connectivity index (χ2n) is 7.14. The zero-order chi connectivity index (χ0) is 20.1. The molecule has 7 nitrogen and oxygen atoms in total. The van der Waals surface area contributed by atoms with Crippen LogP contribution in [0, 0.1) is 6.92 Å². The maximum Gasteiger partial charge on any atom is 0.223 e. The second kappa shape index (κ2) is 8.77. The molecule has 29 heavy (non-hydrogen) atoms. The first kappa shape index (κ1) is 19.0. The van der Waals surface area contributed by atoms with Gasteiger partial charge in [0.25, 0.3) is 0 Å². The minimum atomic E-state index is 0.261. The molecule has 1 N–H and O–H groups in total. The van der Waals surface area contributed by atoms with E-state index in [1.54, 1.807) is 12.4 Å². The fraction of sp³-hybridized carbons (Fsp3) is 0.318. The van der Waals surface area contributed by atoms with Gasteiger partial charge < -0.3 is 10.2 Å². The molecule has 7 heteroatoms. The van der Waals surface area contributed by atoms with Gasteiger partial charge in [0.2, 0.25) is 11.9 Å². The summed E-state index contributed by atoms with van der Waals surface area (Å²) in [7, 11) is 0. The summed E-state index contributed by atoms with van der Waals surface area (Å²) in [6.07, 6.45) is 9.72. The molecule has 0 radical (unpaired) electrons. The van der Waals surface area contributed by atoms with Gasteiger partial charge >= 0.3 is 0 Å². The van der Waals surface area contributed by atoms with Crippen LogP contribution in [0.25, 0.3) is 22.4 Å². The first-order chi connectivity index (χ1) is 14.2. The van der Waals surface area contributed by atoms with Crippen LogP contribution in [-0.4, -0.2) is 50.4 Å². The van der Waals surface area contributed by atoms with Gasteiger partial charge in [0.1, 0.15) is 0 Å². The van der Waals surface area contributed by atoms with Crippen LogP contribution in [0.5, 0.6) is 0 Å². The van der Waals surface area contributed by atoms with Crippen molar-refractivity contribution in [3.05, 3.63) is 54.7 Å². The van der Waals surface area contributed by atoms with Crippen molar-refractivity contribution in [3.8, 4) is 22.4 Å². The van der Waals surface area contributed by atoms with E-state index in [1.165, 1.54) is 0 Å². The maximum atomic E-state index is 11.7. The molecule has 1 saturated heterocycles. The Morgan fingerprint density at radius 1 is 1.07 bits per heavy atom. The van der Waals surface area contributed by atoms with E-state index in [0.29, 0.717) is 18.9 Å². The largest absolute Gasteiger partial charge is 0.354 e. The lowest BCUT2D eigenvalue weighted by Gasteiger charge is -2.15. The number of carbonyl (C=O) groups is 1. The van der Waals surface area contributed by atoms with E-state index < -0.39 is 0 Å². The van der Waals surface area contributed by atoms with Crippen molar-refractivity contribution in [1.82, 2.24) is 24.8 Å². The molecule has 4 heterocycles. The predicted octanol–water partition coefficient (Wildman–Crippen LogP) is 3.33. The third kappa shape index (κ3) is 4.56. The lowest BCUT2D eigenvalue weighted by atomic mass is 10.0. The summed E-state index contributed by atoms with van der Waals surface area (Å²) < 4.78 is 0. The quantitative estimate of drug-likeness (QED) is 0.625. The maximum absolute atomic E-state index is 11.7. The molecule has 1 aliphatic heterocycles. The Balaban J connectivity index is 1.52. The number of hydrogen-bond donors (Lipinski definition) is 1. The summed E-state index contributed by atoms with van der Waals surface area (Å²) in [5.74, 6) is 0.836. The van der Waals surface area contributed by atoms with E-state index in [4.69, 9.17) is 4.98 Å². The first-order valence-electron chi connectivity index (χ1n) is 9.93. The number of aryl methyl sites for hydroxylation is 1. The average Bonchev–Trinajstić information content (AvgIpc) is 3.17. The Morgan fingerprint density at radius 3 is 2.66 bits per heavy atom. The van der Waals surface area contributed by atoms with Crippen molar-refractivity contribution >= 4 is 11.9 Å². The molecular formula is C22H24N6O. The van der Waals surface area contributed by atoms with Crippen molar-refractivity contribution < 1.29 is 4.79 Å². The molecule has 0 saturated carbocycles. The van der Waals surface area contributed by atoms with Gasteiger partial charge in [-0.1, -0.05) is 0 Å². The number of amides is 1. The van der Waals surface area contributed by atoms with Gasteiger partial charge in [-0.15, -0.1) is 0 Å². The van der Waals surface area contributed by atoms with Crippen molar-refractivity contribution in [3.63, 3.8) is 0 Å². The molecule has 1 aliphatic rings. The highest BCUT2D eigenvalue weighted by atomic mass is 16.2. The number of hydrogen-bond acceptors (Lipinski definition) is 6. The van der Waals surface area contributed by atoms with Crippen LogP contribution in [-0.2, 0) is 4.79 Å². The molecule has 0 unspecified atom stereocenters. The molecule has 0 aromatic carbocycles. The standard InChI is InChI=1S/C22H24N6O/c1-16-5-6-18(14-25-16)21-19(17-7-10-23-11-8-17)15-26-22(27-21)24-9-3-13-28-12-2-4-20(28)29/h5-8,10-11,14-15H,2-4,9,12-13H2,1H3,(H,24,26,27). The summed E-state index contributed by atoms with van der Waals surface area (Å²) in [5, 5.41) is 3.29. The van der Waals surface area contributed by atoms with Crippen LogP contribution >= 0.6 is 0 Å². The van der Waals surface area contributed by atoms with Crippen molar-refractivity contribution in [2.75, 3.05) is 25.0 Å². The fourth-order valence-corrected chi connectivity index (χ4v) is 3.45. The van der Waals surface area contributed by atoms with Gasteiger partial charge in [-0.3, -0.25) is 14.8 Å². The van der Waals surface area contributed by atoms with Gasteiger partial charge in [0.05, 0.1) is 5.69 Å². The lowest BCUT2D eigenvalue weighted by molar-refractivity contribution is -0.127. The average molecular weight is 388 g/mol. The van der Waals surface area contributed by atoms with E-state index in [1.807, 2.05) is 48.5 Å². The molecule has 4 rings (SSSR count). The molecule has 0 spiro atoms. The van der Waals surface area contributed by atoms with Gasteiger partial charge in [0.15, 0.2) is 0 Å². The molecule has 1 fully saturated rings. The summed E-state index contributed by atoms with van der Waals surface area (Å²) >= 11 is 0. The van der Waals surface area contributed by atoms with Crippen molar-refractivity contribution in [1.29, 1.82) is 0 Å². The van der Waals surface area contributed by atoms with Crippen LogP contribution in [0.4, 0.5) is 5.95 Å². The van der Waals surface area contributed by atoms with Crippen LogP contribution < -0.4 is 5.32 Å². The molecule has 148 valence electrons. The number of anilines is 1. The number of carbonyl (C=O) groups excluding carboxylic acids is 1. The monoisotopic (exact) mass is 388 g/mol. The van der Waals surface area contributed by atoms with Gasteiger partial charge in [0, 0.05) is 67.7 Å². The summed E-state index contributed by atoms with van der Waals surface area (Å²) in [6, 6.07) is 7.90. The molecular weight excluding hydrogens is 364 g/mol. The van der Waals surface area contributed by atoms with Crippen LogP contribution in [0.2, 0.25) is 0 Å². The zero-order valence-electron chi connectivity index (χ0n) is 16.5. The molecule has 3 aromatic heterocycles. The Kier molecular flexibility index (Phi) is 5.74. The summed E-state index contributed by atoms with van der Waals surface area (Å²) in [5.41, 5.74) is 4.68. The zero-order valence-corrected chi connectivity index (χ0v) is 16.5. The number of nitrogens with one attached hydrogen (secondary N) is 1. The smallest absolute Gasteiger partial charge is 0.223 e. The number of aromatic nitrogens is 4. The number of rotatable bonds is 7. The molecule has 3 aromatic rings. The normalized spacial score (nSPS) is 13.7. The highest BCUT2D eigenvalue weighted by Crippen LogP contribution is 2.30. The van der Waals surface area contributed by atoms with Gasteiger partial charge in [-0.05, 0) is 49.6 Å². The minimum absolute atomic E-state index is 0.261. The van der Waals surface area contributed by atoms with Gasteiger partial charge in [-0.25, -0.2) is 9.97 Å². The molecule has 1 amide bonds. The van der Waals surface area contributed by atoms with E-state index in [9.17, 15) is 4.79 Å². The van der Waals surface area contributed by atoms with Crippen molar-refractivity contribution in [2.45, 2.75) is 26.2 Å². The van der Waals surface area contributed by atoms with E-state index in [-0.39, 0.29) is 5.91 Å². The fourth-order valence-electron chi connectivity index (χ4n) is 3.45. The molecule has 0 atom stereocenters. The van der Waals surface area contributed by atoms with Crippen LogP contribution in [0.3, 0.4) is 0 Å². The van der Waals surface area contributed by atoms with E-state index >= 15 is 0 Å². The predicted molar refractivity (Wildman–Crippen MR) is 112 cm³/mol. The molecule has 0 bridgehead atoms. The Morgan fingerprint density at radius 2 is 1.93 bits per heavy atom. The topological polar surface area (TPSA) is 83.9 Å². The van der Waals surface area contributed by atoms with Crippen molar-refractivity contribution in [2.24, 2.45) is 0 Å². The van der Waals surface area contributed by atoms with E-state index in [2.05, 4.69) is 20.3 Å². The highest BCUT2D eigenvalue weighted by Gasteiger charge is 2.19. The SMILES string of the molecule is Cc1ccc(-c2nc(NCCCN3CCCC3=O)ncc2-c2ccncc2)cn1. The van der Waals surface area contributed by atoms with E-state index in [0.717, 1.165) is 54.0 Å². The minimum Gasteiger partial charge on any atom is -0.354 e. The molecule has 0 aliphatic carbocycles. The Labute approximate surface area is 170 Å². The number of pyridine rings is 2.